The first kappa shape index (κ1) is 20.0. The van der Waals surface area contributed by atoms with Crippen molar-refractivity contribution in [3.05, 3.63) is 59.4 Å². The molecule has 0 radical (unpaired) electrons. The van der Waals surface area contributed by atoms with Crippen LogP contribution in [0, 0.1) is 13.8 Å². The van der Waals surface area contributed by atoms with Crippen LogP contribution >= 0.6 is 0 Å². The van der Waals surface area contributed by atoms with Gasteiger partial charge < -0.3 is 9.30 Å². The minimum Gasteiger partial charge on any atom is -0.492 e. The Morgan fingerprint density at radius 3 is 2.48 bits per heavy atom. The van der Waals surface area contributed by atoms with E-state index in [1.807, 2.05) is 0 Å². The molecular weight excluding hydrogens is 358 g/mol. The third kappa shape index (κ3) is 4.48. The number of imidazole rings is 1. The molecule has 0 spiro atoms. The van der Waals surface area contributed by atoms with Crippen molar-refractivity contribution in [1.29, 1.82) is 0 Å². The second-order valence-electron chi connectivity index (χ2n) is 8.33. The van der Waals surface area contributed by atoms with E-state index in [1.165, 1.54) is 55.4 Å². The minimum atomic E-state index is 0.321. The Morgan fingerprint density at radius 2 is 1.72 bits per heavy atom. The lowest BCUT2D eigenvalue weighted by molar-refractivity contribution is 0.204. The predicted molar refractivity (Wildman–Crippen MR) is 120 cm³/mol. The number of rotatable bonds is 6. The third-order valence-corrected chi connectivity index (χ3v) is 6.31. The highest BCUT2D eigenvalue weighted by Gasteiger charge is 2.23. The summed E-state index contributed by atoms with van der Waals surface area (Å²) in [6, 6.07) is 15.1. The molecule has 1 aromatic heterocycles. The van der Waals surface area contributed by atoms with Crippen molar-refractivity contribution in [3.63, 3.8) is 0 Å². The van der Waals surface area contributed by atoms with Crippen LogP contribution in [0.15, 0.2) is 42.5 Å². The maximum absolute atomic E-state index is 6.10. The number of hydrogen-bond acceptors (Lipinski definition) is 3. The molecule has 1 aliphatic heterocycles. The van der Waals surface area contributed by atoms with Crippen molar-refractivity contribution in [2.24, 2.45) is 0 Å². The van der Waals surface area contributed by atoms with E-state index >= 15 is 0 Å². The van der Waals surface area contributed by atoms with Crippen molar-refractivity contribution in [2.45, 2.75) is 59.0 Å². The monoisotopic (exact) mass is 391 g/mol. The molecule has 1 unspecified atom stereocenters. The van der Waals surface area contributed by atoms with Gasteiger partial charge in [-0.2, -0.15) is 0 Å². The van der Waals surface area contributed by atoms with E-state index in [9.17, 15) is 0 Å². The molecule has 4 rings (SSSR count). The zero-order valence-electron chi connectivity index (χ0n) is 18.0. The molecule has 4 heteroatoms. The van der Waals surface area contributed by atoms with Crippen LogP contribution in [0.1, 0.15) is 55.6 Å². The number of aromatic nitrogens is 2. The van der Waals surface area contributed by atoms with E-state index in [0.29, 0.717) is 12.6 Å². The highest BCUT2D eigenvalue weighted by atomic mass is 16.5. The summed E-state index contributed by atoms with van der Waals surface area (Å²) in [4.78, 5) is 7.64. The molecule has 154 valence electrons. The number of aryl methyl sites for hydroxylation is 2. The minimum absolute atomic E-state index is 0.321. The number of likely N-dealkylation sites (tertiary alicyclic amines) is 1. The molecule has 1 saturated heterocycles. The van der Waals surface area contributed by atoms with Crippen molar-refractivity contribution < 1.29 is 4.74 Å². The predicted octanol–water partition coefficient (Wildman–Crippen LogP) is 5.67. The molecule has 0 saturated carbocycles. The summed E-state index contributed by atoms with van der Waals surface area (Å²) < 4.78 is 8.47. The number of benzene rings is 2. The van der Waals surface area contributed by atoms with Gasteiger partial charge in [0.15, 0.2) is 0 Å². The maximum Gasteiger partial charge on any atom is 0.127 e. The van der Waals surface area contributed by atoms with Crippen molar-refractivity contribution in [3.8, 4) is 5.75 Å². The number of nitrogens with zero attached hydrogens (tertiary/aromatic N) is 3. The number of ether oxygens (including phenoxy) is 1. The summed E-state index contributed by atoms with van der Waals surface area (Å²) in [6.07, 6.45) is 5.29. The third-order valence-electron chi connectivity index (χ3n) is 6.31. The van der Waals surface area contributed by atoms with Gasteiger partial charge in [0, 0.05) is 0 Å². The van der Waals surface area contributed by atoms with Crippen molar-refractivity contribution in [2.75, 3.05) is 19.7 Å². The Kier molecular flexibility index (Phi) is 6.19. The second-order valence-corrected chi connectivity index (χ2v) is 8.33. The Hall–Kier alpha value is -2.33. The highest BCUT2D eigenvalue weighted by molar-refractivity contribution is 5.76. The Morgan fingerprint density at radius 1 is 0.966 bits per heavy atom. The number of hydrogen-bond donors (Lipinski definition) is 0. The Bertz CT molecular complexity index is 954. The molecule has 0 aliphatic carbocycles. The van der Waals surface area contributed by atoms with Crippen LogP contribution in [0.5, 0.6) is 5.75 Å². The first-order chi connectivity index (χ1) is 14.1. The first-order valence-corrected chi connectivity index (χ1v) is 11.0. The second kappa shape index (κ2) is 9.00. The lowest BCUT2D eigenvalue weighted by atomic mass is 10.1. The Labute approximate surface area is 174 Å². The van der Waals surface area contributed by atoms with Crippen LogP contribution in [0.25, 0.3) is 11.0 Å². The van der Waals surface area contributed by atoms with Crippen molar-refractivity contribution in [1.82, 2.24) is 14.5 Å². The van der Waals surface area contributed by atoms with E-state index in [2.05, 4.69) is 72.7 Å². The molecule has 0 amide bonds. The number of fused-ring (bicyclic) bond motifs is 1. The fourth-order valence-corrected chi connectivity index (χ4v) is 4.35. The lowest BCUT2D eigenvalue weighted by Crippen LogP contribution is -2.30. The van der Waals surface area contributed by atoms with Crippen LogP contribution in [0.2, 0.25) is 0 Å². The maximum atomic E-state index is 6.10. The Balaban J connectivity index is 1.55. The van der Waals surface area contributed by atoms with E-state index in [-0.39, 0.29) is 0 Å². The standard InChI is InChI=1S/C25H33N3O/c1-19-12-13-22(18-20(19)2)29-17-16-28-24-11-7-6-10-23(24)26-25(28)21(3)27-14-8-4-5-9-15-27/h6-7,10-13,18,21H,4-5,8-9,14-17H2,1-3H3. The van der Waals surface area contributed by atoms with Gasteiger partial charge in [-0.3, -0.25) is 4.90 Å². The van der Waals surface area contributed by atoms with Crippen molar-refractivity contribution >= 4 is 11.0 Å². The van der Waals surface area contributed by atoms with E-state index in [4.69, 9.17) is 9.72 Å². The van der Waals surface area contributed by atoms with Gasteiger partial charge >= 0.3 is 0 Å². The van der Waals surface area contributed by atoms with Crippen LogP contribution in [-0.2, 0) is 6.54 Å². The van der Waals surface area contributed by atoms with E-state index in [1.54, 1.807) is 0 Å². The molecule has 1 atom stereocenters. The van der Waals surface area contributed by atoms with Gasteiger partial charge in [0.05, 0.1) is 23.6 Å². The molecular formula is C25H33N3O. The van der Waals surface area contributed by atoms with E-state index in [0.717, 1.165) is 23.6 Å². The first-order valence-electron chi connectivity index (χ1n) is 11.0. The fraction of sp³-hybridized carbons (Fsp3) is 0.480. The van der Waals surface area contributed by atoms with Gasteiger partial charge in [-0.05, 0) is 82.1 Å². The normalized spacial score (nSPS) is 16.7. The summed E-state index contributed by atoms with van der Waals surface area (Å²) in [5, 5.41) is 0. The summed E-state index contributed by atoms with van der Waals surface area (Å²) in [5.74, 6) is 2.11. The zero-order chi connectivity index (χ0) is 20.2. The zero-order valence-corrected chi connectivity index (χ0v) is 18.0. The van der Waals surface area contributed by atoms with Crippen LogP contribution in [0.4, 0.5) is 0 Å². The van der Waals surface area contributed by atoms with Gasteiger partial charge in [-0.25, -0.2) is 4.98 Å². The topological polar surface area (TPSA) is 30.3 Å². The molecule has 1 fully saturated rings. The summed E-state index contributed by atoms with van der Waals surface area (Å²) in [6.45, 7) is 10.4. The quantitative estimate of drug-likeness (QED) is 0.542. The molecule has 3 aromatic rings. The van der Waals surface area contributed by atoms with E-state index < -0.39 is 0 Å². The van der Waals surface area contributed by atoms with Gasteiger partial charge in [0.25, 0.3) is 0 Å². The molecule has 4 nitrogen and oxygen atoms in total. The molecule has 0 bridgehead atoms. The van der Waals surface area contributed by atoms with Gasteiger partial charge in [-0.1, -0.05) is 31.0 Å². The largest absolute Gasteiger partial charge is 0.492 e. The van der Waals surface area contributed by atoms with Crippen LogP contribution in [-0.4, -0.2) is 34.1 Å². The average Bonchev–Trinajstić information content (AvgIpc) is 2.89. The fourth-order valence-electron chi connectivity index (χ4n) is 4.35. The summed E-state index contributed by atoms with van der Waals surface area (Å²) in [5.41, 5.74) is 4.85. The number of para-hydroxylation sites is 2. The van der Waals surface area contributed by atoms with Gasteiger partial charge in [-0.15, -0.1) is 0 Å². The highest BCUT2D eigenvalue weighted by Crippen LogP contribution is 2.27. The molecule has 0 N–H and O–H groups in total. The van der Waals surface area contributed by atoms with Crippen LogP contribution < -0.4 is 4.74 Å². The SMILES string of the molecule is Cc1ccc(OCCn2c(C(C)N3CCCCCC3)nc3ccccc32)cc1C. The van der Waals surface area contributed by atoms with Crippen LogP contribution in [0.3, 0.4) is 0 Å². The summed E-state index contributed by atoms with van der Waals surface area (Å²) >= 11 is 0. The van der Waals surface area contributed by atoms with Gasteiger partial charge in [0.2, 0.25) is 0 Å². The average molecular weight is 392 g/mol. The molecule has 1 aliphatic rings. The summed E-state index contributed by atoms with van der Waals surface area (Å²) in [7, 11) is 0. The smallest absolute Gasteiger partial charge is 0.127 e. The molecule has 29 heavy (non-hydrogen) atoms. The lowest BCUT2D eigenvalue weighted by Gasteiger charge is -2.27. The van der Waals surface area contributed by atoms with Gasteiger partial charge in [0.1, 0.15) is 18.2 Å². The molecule has 2 heterocycles. The molecule has 2 aromatic carbocycles.